The lowest BCUT2D eigenvalue weighted by molar-refractivity contribution is -0.385. The number of anilines is 1. The van der Waals surface area contributed by atoms with Gasteiger partial charge in [-0.1, -0.05) is 11.6 Å². The summed E-state index contributed by atoms with van der Waals surface area (Å²) in [4.78, 5) is 22.8. The molecule has 10 heteroatoms. The fourth-order valence-corrected chi connectivity index (χ4v) is 3.04. The van der Waals surface area contributed by atoms with Crippen LogP contribution in [0.5, 0.6) is 0 Å². The molecule has 1 aromatic carbocycles. The van der Waals surface area contributed by atoms with Gasteiger partial charge in [-0.2, -0.15) is 5.10 Å². The van der Waals surface area contributed by atoms with Gasteiger partial charge in [0.1, 0.15) is 18.2 Å². The van der Waals surface area contributed by atoms with Gasteiger partial charge in [-0.15, -0.1) is 11.3 Å². The average Bonchev–Trinajstić information content (AvgIpc) is 3.21. The van der Waals surface area contributed by atoms with E-state index >= 15 is 0 Å². The van der Waals surface area contributed by atoms with Crippen LogP contribution in [0.15, 0.2) is 42.0 Å². The molecule has 0 bridgehead atoms. The average molecular weight is 381 g/mol. The summed E-state index contributed by atoms with van der Waals surface area (Å²) in [6.07, 6.45) is 2.48. The van der Waals surface area contributed by atoms with Crippen molar-refractivity contribution in [3.63, 3.8) is 0 Å². The number of hydrogen-bond donors (Lipinski definition) is 1. The standard InChI is InChI=1S/C15H10ClFN4O3S/c16-12-4-10(1-2-13(12)17)19-15(22)14-3-9(8-25-14)6-20-7-11(5-18-20)21(23)24/h1-5,7-8H,6H2,(H,19,22). The molecule has 3 rings (SSSR count). The van der Waals surface area contributed by atoms with E-state index in [0.29, 0.717) is 17.1 Å². The Morgan fingerprint density at radius 1 is 1.44 bits per heavy atom. The summed E-state index contributed by atoms with van der Waals surface area (Å²) >= 11 is 6.90. The smallest absolute Gasteiger partial charge is 0.307 e. The first-order valence-corrected chi connectivity index (χ1v) is 8.19. The second kappa shape index (κ2) is 6.99. The van der Waals surface area contributed by atoms with E-state index in [1.807, 2.05) is 0 Å². The molecule has 25 heavy (non-hydrogen) atoms. The second-order valence-electron chi connectivity index (χ2n) is 5.06. The van der Waals surface area contributed by atoms with Crippen molar-refractivity contribution in [1.82, 2.24) is 9.78 Å². The van der Waals surface area contributed by atoms with E-state index in [9.17, 15) is 19.3 Å². The highest BCUT2D eigenvalue weighted by molar-refractivity contribution is 7.12. The Morgan fingerprint density at radius 2 is 2.24 bits per heavy atom. The number of carbonyl (C=O) groups is 1. The van der Waals surface area contributed by atoms with Crippen molar-refractivity contribution in [3.05, 3.63) is 73.4 Å². The van der Waals surface area contributed by atoms with Gasteiger partial charge in [0.15, 0.2) is 0 Å². The third-order valence-electron chi connectivity index (χ3n) is 3.23. The van der Waals surface area contributed by atoms with Crippen LogP contribution in [0, 0.1) is 15.9 Å². The number of hydrogen-bond acceptors (Lipinski definition) is 5. The molecule has 0 aliphatic carbocycles. The minimum Gasteiger partial charge on any atom is -0.321 e. The van der Waals surface area contributed by atoms with Gasteiger partial charge in [-0.3, -0.25) is 19.6 Å². The lowest BCUT2D eigenvalue weighted by Gasteiger charge is -2.04. The van der Waals surface area contributed by atoms with Crippen molar-refractivity contribution in [2.75, 3.05) is 5.32 Å². The van der Waals surface area contributed by atoms with E-state index < -0.39 is 10.7 Å². The van der Waals surface area contributed by atoms with Crippen molar-refractivity contribution in [3.8, 4) is 0 Å². The highest BCUT2D eigenvalue weighted by Crippen LogP contribution is 2.22. The van der Waals surface area contributed by atoms with Gasteiger partial charge in [0, 0.05) is 5.69 Å². The lowest BCUT2D eigenvalue weighted by atomic mass is 10.2. The summed E-state index contributed by atoms with van der Waals surface area (Å²) in [6, 6.07) is 5.57. The Kier molecular flexibility index (Phi) is 4.77. The number of benzene rings is 1. The first kappa shape index (κ1) is 17.1. The van der Waals surface area contributed by atoms with Crippen molar-refractivity contribution in [2.24, 2.45) is 0 Å². The van der Waals surface area contributed by atoms with Crippen molar-refractivity contribution in [2.45, 2.75) is 6.54 Å². The predicted molar refractivity (Wildman–Crippen MR) is 91.7 cm³/mol. The molecule has 0 saturated carbocycles. The van der Waals surface area contributed by atoms with Gasteiger partial charge >= 0.3 is 5.69 Å². The lowest BCUT2D eigenvalue weighted by Crippen LogP contribution is -2.10. The number of aromatic nitrogens is 2. The van der Waals surface area contributed by atoms with Crippen molar-refractivity contribution >= 4 is 40.2 Å². The van der Waals surface area contributed by atoms with Gasteiger partial charge < -0.3 is 5.32 Å². The number of rotatable bonds is 5. The molecule has 0 spiro atoms. The number of amides is 1. The fourth-order valence-electron chi connectivity index (χ4n) is 2.06. The number of halogens is 2. The maximum absolute atomic E-state index is 13.1. The molecule has 2 aromatic heterocycles. The molecule has 0 aliphatic rings. The molecule has 0 unspecified atom stereocenters. The van der Waals surface area contributed by atoms with Gasteiger partial charge in [-0.25, -0.2) is 4.39 Å². The first-order chi connectivity index (χ1) is 11.9. The van der Waals surface area contributed by atoms with E-state index in [0.717, 1.165) is 11.8 Å². The molecule has 3 aromatic rings. The normalized spacial score (nSPS) is 10.6. The molecule has 0 radical (unpaired) electrons. The fraction of sp³-hybridized carbons (Fsp3) is 0.0667. The molecule has 128 valence electrons. The minimum atomic E-state index is -0.564. The van der Waals surface area contributed by atoms with Crippen LogP contribution in [0.25, 0.3) is 0 Å². The van der Waals surface area contributed by atoms with E-state index in [2.05, 4.69) is 10.4 Å². The largest absolute Gasteiger partial charge is 0.321 e. The topological polar surface area (TPSA) is 90.1 Å². The SMILES string of the molecule is O=C(Nc1ccc(F)c(Cl)c1)c1cc(Cn2cc([N+](=O)[O-])cn2)cs1. The number of nitrogens with zero attached hydrogens (tertiary/aromatic N) is 3. The molecule has 0 atom stereocenters. The van der Waals surface area contributed by atoms with Gasteiger partial charge in [0.05, 0.1) is 21.4 Å². The van der Waals surface area contributed by atoms with E-state index in [-0.39, 0.29) is 16.6 Å². The quantitative estimate of drug-likeness (QED) is 0.536. The summed E-state index contributed by atoms with van der Waals surface area (Å²) in [5.41, 5.74) is 1.07. The minimum absolute atomic E-state index is 0.0788. The molecule has 2 heterocycles. The first-order valence-electron chi connectivity index (χ1n) is 6.93. The van der Waals surface area contributed by atoms with Crippen LogP contribution < -0.4 is 5.32 Å². The van der Waals surface area contributed by atoms with Crippen LogP contribution in [-0.4, -0.2) is 20.6 Å². The third kappa shape index (κ3) is 4.01. The molecule has 1 amide bonds. The summed E-state index contributed by atoms with van der Waals surface area (Å²) in [5, 5.41) is 18.9. The van der Waals surface area contributed by atoms with E-state index in [1.54, 1.807) is 11.4 Å². The Labute approximate surface area is 149 Å². The predicted octanol–water partition coefficient (Wildman–Crippen LogP) is 3.95. The Hall–Kier alpha value is -2.78. The zero-order chi connectivity index (χ0) is 18.0. The number of thiophene rings is 1. The highest BCUT2D eigenvalue weighted by atomic mass is 35.5. The molecule has 7 nitrogen and oxygen atoms in total. The Bertz CT molecular complexity index is 956. The number of nitrogens with one attached hydrogen (secondary N) is 1. The Morgan fingerprint density at radius 3 is 2.92 bits per heavy atom. The molecular weight excluding hydrogens is 371 g/mol. The summed E-state index contributed by atoms with van der Waals surface area (Å²) in [5.74, 6) is -0.920. The molecular formula is C15H10ClFN4O3S. The van der Waals surface area contributed by atoms with Crippen LogP contribution >= 0.6 is 22.9 Å². The van der Waals surface area contributed by atoms with E-state index in [4.69, 9.17) is 11.6 Å². The summed E-state index contributed by atoms with van der Waals surface area (Å²) in [6.45, 7) is 0.306. The summed E-state index contributed by atoms with van der Waals surface area (Å²) in [7, 11) is 0. The Balaban J connectivity index is 1.68. The zero-order valence-corrected chi connectivity index (χ0v) is 14.1. The van der Waals surface area contributed by atoms with Crippen LogP contribution in [0.2, 0.25) is 5.02 Å². The monoisotopic (exact) mass is 380 g/mol. The third-order valence-corrected chi connectivity index (χ3v) is 4.50. The van der Waals surface area contributed by atoms with Crippen LogP contribution in [0.4, 0.5) is 15.8 Å². The van der Waals surface area contributed by atoms with Crippen molar-refractivity contribution < 1.29 is 14.1 Å². The number of carbonyl (C=O) groups excluding carboxylic acids is 1. The highest BCUT2D eigenvalue weighted by Gasteiger charge is 2.13. The maximum Gasteiger partial charge on any atom is 0.307 e. The number of nitro groups is 1. The zero-order valence-electron chi connectivity index (χ0n) is 12.5. The van der Waals surface area contributed by atoms with Crippen LogP contribution in [0.3, 0.4) is 0 Å². The van der Waals surface area contributed by atoms with Gasteiger partial charge in [0.25, 0.3) is 5.91 Å². The summed E-state index contributed by atoms with van der Waals surface area (Å²) < 4.78 is 14.5. The van der Waals surface area contributed by atoms with Gasteiger partial charge in [0.2, 0.25) is 0 Å². The van der Waals surface area contributed by atoms with Gasteiger partial charge in [-0.05, 0) is 35.2 Å². The molecule has 0 aliphatic heterocycles. The molecule has 0 saturated heterocycles. The van der Waals surface area contributed by atoms with E-state index in [1.165, 1.54) is 40.4 Å². The molecule has 1 N–H and O–H groups in total. The van der Waals surface area contributed by atoms with Crippen molar-refractivity contribution in [1.29, 1.82) is 0 Å². The molecule has 0 fully saturated rings. The van der Waals surface area contributed by atoms with Crippen LogP contribution in [-0.2, 0) is 6.54 Å². The van der Waals surface area contributed by atoms with Crippen LogP contribution in [0.1, 0.15) is 15.2 Å². The maximum atomic E-state index is 13.1. The second-order valence-corrected chi connectivity index (χ2v) is 6.37.